The number of hydrogen-bond donors (Lipinski definition) is 0. The van der Waals surface area contributed by atoms with E-state index in [0.717, 1.165) is 17.3 Å². The summed E-state index contributed by atoms with van der Waals surface area (Å²) >= 11 is 12.8. The van der Waals surface area contributed by atoms with Gasteiger partial charge in [0.2, 0.25) is 0 Å². The average Bonchev–Trinajstić information content (AvgIpc) is 3.08. The first kappa shape index (κ1) is 16.2. The molecule has 1 aliphatic rings. The van der Waals surface area contributed by atoms with Crippen LogP contribution in [0.5, 0.6) is 0 Å². The van der Waals surface area contributed by atoms with Crippen molar-refractivity contribution >= 4 is 52.2 Å². The van der Waals surface area contributed by atoms with Gasteiger partial charge in [-0.05, 0) is 49.0 Å². The van der Waals surface area contributed by atoms with E-state index in [1.807, 2.05) is 0 Å². The molecule has 1 saturated heterocycles. The second-order valence-electron chi connectivity index (χ2n) is 4.76. The zero-order valence-corrected chi connectivity index (χ0v) is 14.3. The highest BCUT2D eigenvalue weighted by molar-refractivity contribution is 8.18. The molecule has 2 heterocycles. The van der Waals surface area contributed by atoms with Crippen LogP contribution in [0.1, 0.15) is 12.7 Å². The summed E-state index contributed by atoms with van der Waals surface area (Å²) in [6.07, 6.45) is 1.57. The van der Waals surface area contributed by atoms with Gasteiger partial charge in [0.1, 0.15) is 11.5 Å². The van der Waals surface area contributed by atoms with Crippen LogP contribution in [0.3, 0.4) is 0 Å². The summed E-state index contributed by atoms with van der Waals surface area (Å²) in [4.78, 5) is 25.3. The van der Waals surface area contributed by atoms with Crippen molar-refractivity contribution in [2.24, 2.45) is 0 Å². The molecule has 0 aliphatic carbocycles. The number of imide groups is 1. The van der Waals surface area contributed by atoms with E-state index in [2.05, 4.69) is 0 Å². The molecule has 23 heavy (non-hydrogen) atoms. The van der Waals surface area contributed by atoms with E-state index >= 15 is 0 Å². The lowest BCUT2D eigenvalue weighted by atomic mass is 10.2. The van der Waals surface area contributed by atoms with Gasteiger partial charge in [0.25, 0.3) is 11.1 Å². The number of amides is 2. The van der Waals surface area contributed by atoms with Gasteiger partial charge in [-0.3, -0.25) is 14.5 Å². The number of halogens is 2. The first-order valence-corrected chi connectivity index (χ1v) is 8.37. The summed E-state index contributed by atoms with van der Waals surface area (Å²) in [5.41, 5.74) is 0.778. The summed E-state index contributed by atoms with van der Waals surface area (Å²) < 4.78 is 5.71. The fourth-order valence-electron chi connectivity index (χ4n) is 2.14. The topological polar surface area (TPSA) is 50.5 Å². The third kappa shape index (κ3) is 3.17. The Hall–Kier alpha value is -1.69. The molecule has 2 aromatic rings. The molecular formula is C16H11Cl2NO3S. The number of thioether (sulfide) groups is 1. The minimum atomic E-state index is -0.296. The number of carbonyl (C=O) groups is 2. The van der Waals surface area contributed by atoms with Gasteiger partial charge in [0.15, 0.2) is 0 Å². The summed E-state index contributed by atoms with van der Waals surface area (Å²) in [5.74, 6) is 0.798. The number of benzene rings is 1. The highest BCUT2D eigenvalue weighted by Crippen LogP contribution is 2.34. The van der Waals surface area contributed by atoms with Crippen molar-refractivity contribution < 1.29 is 14.0 Å². The Balaban J connectivity index is 1.88. The van der Waals surface area contributed by atoms with Gasteiger partial charge in [0, 0.05) is 18.2 Å². The van der Waals surface area contributed by atoms with Crippen molar-refractivity contribution in [2.75, 3.05) is 6.54 Å². The maximum absolute atomic E-state index is 12.1. The highest BCUT2D eigenvalue weighted by atomic mass is 35.5. The second kappa shape index (κ2) is 6.43. The largest absolute Gasteiger partial charge is 0.457 e. The van der Waals surface area contributed by atoms with Gasteiger partial charge in [-0.15, -0.1) is 0 Å². The van der Waals surface area contributed by atoms with Gasteiger partial charge >= 0.3 is 0 Å². The normalized spacial score (nSPS) is 16.7. The first-order valence-electron chi connectivity index (χ1n) is 6.80. The van der Waals surface area contributed by atoms with E-state index in [9.17, 15) is 9.59 Å². The lowest BCUT2D eigenvalue weighted by Gasteiger charge is -2.06. The highest BCUT2D eigenvalue weighted by Gasteiger charge is 2.33. The Bertz CT molecular complexity index is 828. The fourth-order valence-corrected chi connectivity index (χ4v) is 3.32. The van der Waals surface area contributed by atoms with Crippen molar-refractivity contribution in [3.63, 3.8) is 0 Å². The molecule has 0 unspecified atom stereocenters. The number of rotatable bonds is 3. The summed E-state index contributed by atoms with van der Waals surface area (Å²) in [6.45, 7) is 2.11. The molecule has 0 spiro atoms. The Kier molecular flexibility index (Phi) is 4.53. The molecule has 1 aromatic carbocycles. The molecule has 0 saturated carbocycles. The van der Waals surface area contributed by atoms with E-state index < -0.39 is 0 Å². The van der Waals surface area contributed by atoms with E-state index in [1.165, 1.54) is 4.90 Å². The first-order chi connectivity index (χ1) is 11.0. The van der Waals surface area contributed by atoms with Gasteiger partial charge in [-0.25, -0.2) is 0 Å². The van der Waals surface area contributed by atoms with Crippen LogP contribution in [0, 0.1) is 0 Å². The number of furan rings is 1. The molecule has 0 bridgehead atoms. The number of carbonyl (C=O) groups excluding carboxylic acids is 2. The van der Waals surface area contributed by atoms with Gasteiger partial charge < -0.3 is 4.42 Å². The molecule has 3 rings (SSSR count). The zero-order chi connectivity index (χ0) is 16.6. The number of nitrogens with zero attached hydrogens (tertiary/aromatic N) is 1. The zero-order valence-electron chi connectivity index (χ0n) is 12.0. The van der Waals surface area contributed by atoms with Crippen molar-refractivity contribution in [2.45, 2.75) is 6.92 Å². The SMILES string of the molecule is CCN1C(=O)S/C(=C\c2ccc(-c3ccc(Cl)c(Cl)c3)o2)C1=O. The molecule has 118 valence electrons. The lowest BCUT2D eigenvalue weighted by molar-refractivity contribution is -0.122. The number of hydrogen-bond acceptors (Lipinski definition) is 4. The summed E-state index contributed by atoms with van der Waals surface area (Å²) in [6, 6.07) is 8.69. The minimum Gasteiger partial charge on any atom is -0.457 e. The van der Waals surface area contributed by atoms with Gasteiger partial charge in [0.05, 0.1) is 15.0 Å². The minimum absolute atomic E-state index is 0.264. The molecule has 1 fully saturated rings. The van der Waals surface area contributed by atoms with Crippen molar-refractivity contribution in [3.05, 3.63) is 51.0 Å². The van der Waals surface area contributed by atoms with E-state index in [0.29, 0.717) is 33.0 Å². The van der Waals surface area contributed by atoms with Crippen molar-refractivity contribution in [1.29, 1.82) is 0 Å². The maximum atomic E-state index is 12.1. The third-order valence-corrected chi connectivity index (χ3v) is 4.94. The molecular weight excluding hydrogens is 357 g/mol. The Morgan fingerprint density at radius 3 is 2.61 bits per heavy atom. The van der Waals surface area contributed by atoms with Crippen LogP contribution in [-0.4, -0.2) is 22.6 Å². The molecule has 0 N–H and O–H groups in total. The van der Waals surface area contributed by atoms with Crippen LogP contribution < -0.4 is 0 Å². The van der Waals surface area contributed by atoms with Crippen LogP contribution in [0.4, 0.5) is 4.79 Å². The molecule has 1 aliphatic heterocycles. The van der Waals surface area contributed by atoms with E-state index in [4.69, 9.17) is 27.6 Å². The van der Waals surface area contributed by atoms with Crippen LogP contribution in [0.25, 0.3) is 17.4 Å². The summed E-state index contributed by atoms with van der Waals surface area (Å²) in [7, 11) is 0. The lowest BCUT2D eigenvalue weighted by Crippen LogP contribution is -2.27. The second-order valence-corrected chi connectivity index (χ2v) is 6.56. The Morgan fingerprint density at radius 1 is 1.17 bits per heavy atom. The monoisotopic (exact) mass is 367 g/mol. The van der Waals surface area contributed by atoms with Crippen LogP contribution >= 0.6 is 35.0 Å². The van der Waals surface area contributed by atoms with Crippen molar-refractivity contribution in [3.8, 4) is 11.3 Å². The van der Waals surface area contributed by atoms with Crippen LogP contribution in [0.15, 0.2) is 39.7 Å². The molecule has 2 amide bonds. The third-order valence-electron chi connectivity index (χ3n) is 3.29. The molecule has 0 atom stereocenters. The molecule has 1 aromatic heterocycles. The maximum Gasteiger partial charge on any atom is 0.293 e. The molecule has 7 heteroatoms. The summed E-state index contributed by atoms with van der Waals surface area (Å²) in [5, 5.41) is 0.640. The van der Waals surface area contributed by atoms with E-state index in [-0.39, 0.29) is 11.1 Å². The predicted molar refractivity (Wildman–Crippen MR) is 92.5 cm³/mol. The number of likely N-dealkylation sites (N-methyl/N-ethyl adjacent to an activating group) is 1. The van der Waals surface area contributed by atoms with Gasteiger partial charge in [-0.2, -0.15) is 0 Å². The molecule has 0 radical (unpaired) electrons. The van der Waals surface area contributed by atoms with Crippen molar-refractivity contribution in [1.82, 2.24) is 4.90 Å². The van der Waals surface area contributed by atoms with Crippen LogP contribution in [-0.2, 0) is 4.79 Å². The van der Waals surface area contributed by atoms with E-state index in [1.54, 1.807) is 43.3 Å². The fraction of sp³-hybridized carbons (Fsp3) is 0.125. The average molecular weight is 368 g/mol. The predicted octanol–water partition coefficient (Wildman–Crippen LogP) is 5.31. The van der Waals surface area contributed by atoms with Crippen LogP contribution in [0.2, 0.25) is 10.0 Å². The quantitative estimate of drug-likeness (QED) is 0.689. The Morgan fingerprint density at radius 2 is 1.96 bits per heavy atom. The smallest absolute Gasteiger partial charge is 0.293 e. The molecule has 4 nitrogen and oxygen atoms in total. The Labute approximate surface area is 147 Å². The standard InChI is InChI=1S/C16H11Cl2NO3S/c1-2-19-15(20)14(23-16(19)21)8-10-4-6-13(22-10)9-3-5-11(17)12(18)7-9/h3-8H,2H2,1H3/b14-8-. The van der Waals surface area contributed by atoms with Gasteiger partial charge in [-0.1, -0.05) is 23.2 Å².